The Labute approximate surface area is 95.5 Å². The van der Waals surface area contributed by atoms with E-state index in [1.807, 2.05) is 18.3 Å². The fourth-order valence-corrected chi connectivity index (χ4v) is 1.66. The number of aromatic nitrogens is 1. The number of hydrogen-bond donors (Lipinski definition) is 1. The molecule has 16 heavy (non-hydrogen) atoms. The van der Waals surface area contributed by atoms with Crippen molar-refractivity contribution in [1.29, 1.82) is 0 Å². The molecule has 1 aromatic heterocycles. The zero-order valence-electron chi connectivity index (χ0n) is 9.33. The minimum Gasteiger partial charge on any atom is -0.330 e. The van der Waals surface area contributed by atoms with E-state index in [9.17, 15) is 0 Å². The van der Waals surface area contributed by atoms with Crippen molar-refractivity contribution in [3.05, 3.63) is 41.6 Å². The first-order valence-corrected chi connectivity index (χ1v) is 5.36. The number of pyridine rings is 1. The molecule has 2 rings (SSSR count). The third kappa shape index (κ3) is 2.05. The Morgan fingerprint density at radius 3 is 3.00 bits per heavy atom. The first kappa shape index (κ1) is 10.7. The Bertz CT molecular complexity index is 562. The first-order chi connectivity index (χ1) is 7.83. The van der Waals surface area contributed by atoms with Crippen molar-refractivity contribution in [2.75, 3.05) is 6.54 Å². The van der Waals surface area contributed by atoms with Gasteiger partial charge in [0.05, 0.1) is 5.52 Å². The van der Waals surface area contributed by atoms with Crippen LogP contribution < -0.4 is 5.73 Å². The van der Waals surface area contributed by atoms with Crippen LogP contribution in [-0.4, -0.2) is 11.5 Å². The van der Waals surface area contributed by atoms with Crippen molar-refractivity contribution in [1.82, 2.24) is 4.98 Å². The average Bonchev–Trinajstić information content (AvgIpc) is 2.33. The van der Waals surface area contributed by atoms with Gasteiger partial charge in [0.1, 0.15) is 0 Å². The lowest BCUT2D eigenvalue weighted by atomic mass is 10.0. The smallest absolute Gasteiger partial charge is 0.0743 e. The maximum Gasteiger partial charge on any atom is 0.0743 e. The molecular weight excluding hydrogens is 196 g/mol. The van der Waals surface area contributed by atoms with Crippen molar-refractivity contribution in [3.63, 3.8) is 0 Å². The van der Waals surface area contributed by atoms with Gasteiger partial charge in [0.25, 0.3) is 0 Å². The molecule has 0 aliphatic rings. The number of benzene rings is 1. The summed E-state index contributed by atoms with van der Waals surface area (Å²) in [6.45, 7) is 2.67. The number of fused-ring (bicyclic) bond motifs is 1. The van der Waals surface area contributed by atoms with Gasteiger partial charge in [0, 0.05) is 30.1 Å². The Kier molecular flexibility index (Phi) is 3.19. The van der Waals surface area contributed by atoms with E-state index in [0.717, 1.165) is 28.5 Å². The highest BCUT2D eigenvalue weighted by molar-refractivity contribution is 5.83. The van der Waals surface area contributed by atoms with Crippen molar-refractivity contribution in [3.8, 4) is 11.8 Å². The molecule has 0 unspecified atom stereocenters. The highest BCUT2D eigenvalue weighted by Gasteiger charge is 2.01. The molecule has 0 fully saturated rings. The highest BCUT2D eigenvalue weighted by atomic mass is 14.6. The van der Waals surface area contributed by atoms with Crippen LogP contribution in [-0.2, 0) is 0 Å². The van der Waals surface area contributed by atoms with Crippen molar-refractivity contribution in [2.45, 2.75) is 13.3 Å². The maximum atomic E-state index is 5.41. The fraction of sp³-hybridized carbons (Fsp3) is 0.214. The molecule has 2 heteroatoms. The minimum absolute atomic E-state index is 0.609. The largest absolute Gasteiger partial charge is 0.330 e. The van der Waals surface area contributed by atoms with Crippen molar-refractivity contribution >= 4 is 10.9 Å². The Morgan fingerprint density at radius 2 is 2.19 bits per heavy atom. The summed E-state index contributed by atoms with van der Waals surface area (Å²) in [4.78, 5) is 4.38. The van der Waals surface area contributed by atoms with Gasteiger partial charge in [0.15, 0.2) is 0 Å². The summed E-state index contributed by atoms with van der Waals surface area (Å²) >= 11 is 0. The molecule has 0 aliphatic carbocycles. The Hall–Kier alpha value is -1.85. The van der Waals surface area contributed by atoms with Crippen LogP contribution in [0.4, 0.5) is 0 Å². The molecule has 1 aromatic carbocycles. The Morgan fingerprint density at radius 1 is 1.31 bits per heavy atom. The van der Waals surface area contributed by atoms with Crippen LogP contribution in [0.1, 0.15) is 17.5 Å². The zero-order valence-corrected chi connectivity index (χ0v) is 9.33. The van der Waals surface area contributed by atoms with E-state index >= 15 is 0 Å². The van der Waals surface area contributed by atoms with E-state index in [-0.39, 0.29) is 0 Å². The molecule has 0 spiro atoms. The molecule has 2 nitrogen and oxygen atoms in total. The molecule has 80 valence electrons. The summed E-state index contributed by atoms with van der Waals surface area (Å²) in [6.07, 6.45) is 2.55. The SMILES string of the molecule is Cc1c(C#CCCN)ccc2cccnc12. The zero-order chi connectivity index (χ0) is 11.4. The summed E-state index contributed by atoms with van der Waals surface area (Å²) in [7, 11) is 0. The number of aryl methyl sites for hydroxylation is 1. The fourth-order valence-electron chi connectivity index (χ4n) is 1.66. The first-order valence-electron chi connectivity index (χ1n) is 5.36. The lowest BCUT2D eigenvalue weighted by Crippen LogP contribution is -1.95. The van der Waals surface area contributed by atoms with Gasteiger partial charge in [-0.3, -0.25) is 4.98 Å². The van der Waals surface area contributed by atoms with Crippen molar-refractivity contribution < 1.29 is 0 Å². The van der Waals surface area contributed by atoms with Gasteiger partial charge in [-0.15, -0.1) is 0 Å². The number of nitrogens with two attached hydrogens (primary N) is 1. The normalized spacial score (nSPS) is 9.88. The van der Waals surface area contributed by atoms with Crippen LogP contribution in [0.3, 0.4) is 0 Å². The van der Waals surface area contributed by atoms with Gasteiger partial charge in [-0.2, -0.15) is 0 Å². The van der Waals surface area contributed by atoms with Crippen LogP contribution in [0.15, 0.2) is 30.5 Å². The molecule has 0 aliphatic heterocycles. The molecule has 0 bridgehead atoms. The van der Waals surface area contributed by atoms with E-state index < -0.39 is 0 Å². The van der Waals surface area contributed by atoms with Gasteiger partial charge in [-0.05, 0) is 24.6 Å². The topological polar surface area (TPSA) is 38.9 Å². The van der Waals surface area contributed by atoms with Crippen LogP contribution in [0.25, 0.3) is 10.9 Å². The van der Waals surface area contributed by atoms with Crippen LogP contribution in [0.2, 0.25) is 0 Å². The lowest BCUT2D eigenvalue weighted by molar-refractivity contribution is 1.03. The monoisotopic (exact) mass is 210 g/mol. The van der Waals surface area contributed by atoms with E-state index in [1.54, 1.807) is 0 Å². The second-order valence-corrected chi connectivity index (χ2v) is 3.65. The number of rotatable bonds is 1. The number of hydrogen-bond acceptors (Lipinski definition) is 2. The molecule has 1 heterocycles. The summed E-state index contributed by atoms with van der Waals surface area (Å²) in [5.74, 6) is 6.19. The molecule has 0 atom stereocenters. The van der Waals surface area contributed by atoms with E-state index in [1.165, 1.54) is 0 Å². The minimum atomic E-state index is 0.609. The van der Waals surface area contributed by atoms with E-state index in [2.05, 4.69) is 35.9 Å². The van der Waals surface area contributed by atoms with Crippen LogP contribution >= 0.6 is 0 Å². The number of nitrogens with zero attached hydrogens (tertiary/aromatic N) is 1. The third-order valence-electron chi connectivity index (χ3n) is 2.52. The predicted molar refractivity (Wildman–Crippen MR) is 67.0 cm³/mol. The van der Waals surface area contributed by atoms with E-state index in [4.69, 9.17) is 5.73 Å². The van der Waals surface area contributed by atoms with Gasteiger partial charge in [-0.1, -0.05) is 24.0 Å². The summed E-state index contributed by atoms with van der Waals surface area (Å²) in [5, 5.41) is 1.16. The van der Waals surface area contributed by atoms with Gasteiger partial charge < -0.3 is 5.73 Å². The van der Waals surface area contributed by atoms with E-state index in [0.29, 0.717) is 6.54 Å². The summed E-state index contributed by atoms with van der Waals surface area (Å²) in [5.41, 5.74) is 8.62. The standard InChI is InChI=1S/C14H14N2/c1-11-12(5-2-3-9-15)7-8-13-6-4-10-16-14(11)13/h4,6-8,10H,3,9,15H2,1H3. The maximum absolute atomic E-state index is 5.41. The lowest BCUT2D eigenvalue weighted by Gasteiger charge is -2.02. The second kappa shape index (κ2) is 4.78. The summed E-state index contributed by atoms with van der Waals surface area (Å²) in [6, 6.07) is 8.11. The van der Waals surface area contributed by atoms with Crippen LogP contribution in [0, 0.1) is 18.8 Å². The molecule has 2 N–H and O–H groups in total. The summed E-state index contributed by atoms with van der Waals surface area (Å²) < 4.78 is 0. The van der Waals surface area contributed by atoms with Crippen molar-refractivity contribution in [2.24, 2.45) is 5.73 Å². The predicted octanol–water partition coefficient (Wildman–Crippen LogP) is 2.24. The van der Waals surface area contributed by atoms with Crippen LogP contribution in [0.5, 0.6) is 0 Å². The van der Waals surface area contributed by atoms with Gasteiger partial charge >= 0.3 is 0 Å². The second-order valence-electron chi connectivity index (χ2n) is 3.65. The molecule has 0 radical (unpaired) electrons. The molecule has 0 saturated carbocycles. The van der Waals surface area contributed by atoms with Gasteiger partial charge in [0.2, 0.25) is 0 Å². The third-order valence-corrected chi connectivity index (χ3v) is 2.52. The molecule has 2 aromatic rings. The molecule has 0 amide bonds. The Balaban J connectivity index is 2.49. The average molecular weight is 210 g/mol. The molecule has 0 saturated heterocycles. The van der Waals surface area contributed by atoms with Gasteiger partial charge in [-0.25, -0.2) is 0 Å². The quantitative estimate of drug-likeness (QED) is 0.733. The highest BCUT2D eigenvalue weighted by Crippen LogP contribution is 2.18. The molecular formula is C14H14N2.